The molecule has 1 unspecified atom stereocenters. The Morgan fingerprint density at radius 2 is 1.96 bits per heavy atom. The number of nitrogens with zero attached hydrogens (tertiary/aromatic N) is 4. The molecule has 1 saturated heterocycles. The average Bonchev–Trinajstić information content (AvgIpc) is 2.96. The molecule has 0 radical (unpaired) electrons. The van der Waals surface area contributed by atoms with E-state index in [1.807, 2.05) is 0 Å². The summed E-state index contributed by atoms with van der Waals surface area (Å²) in [7, 11) is 0. The van der Waals surface area contributed by atoms with Gasteiger partial charge in [0.15, 0.2) is 5.69 Å². The molecule has 0 bridgehead atoms. The summed E-state index contributed by atoms with van der Waals surface area (Å²) in [6.07, 6.45) is 3.78. The molecular formula is C17H19FN4O3. The predicted octanol–water partition coefficient (Wildman–Crippen LogP) is 2.12. The molecule has 1 aromatic heterocycles. The SMILES string of the molecule is O=C(O)CC1CCCN(C(=O)c2cnn(-c3ccc(F)cc3)n2)CC1. The van der Waals surface area contributed by atoms with Crippen LogP contribution in [0.15, 0.2) is 30.5 Å². The number of hydrogen-bond donors (Lipinski definition) is 1. The quantitative estimate of drug-likeness (QED) is 0.916. The number of aromatic nitrogens is 3. The van der Waals surface area contributed by atoms with Gasteiger partial charge in [-0.25, -0.2) is 4.39 Å². The fourth-order valence-corrected chi connectivity index (χ4v) is 3.04. The molecule has 1 aromatic carbocycles. The third-order valence-electron chi connectivity index (χ3n) is 4.37. The first-order valence-corrected chi connectivity index (χ1v) is 8.22. The van der Waals surface area contributed by atoms with E-state index in [1.165, 1.54) is 35.3 Å². The first-order valence-electron chi connectivity index (χ1n) is 8.22. The molecular weight excluding hydrogens is 327 g/mol. The highest BCUT2D eigenvalue weighted by Crippen LogP contribution is 2.21. The van der Waals surface area contributed by atoms with Gasteiger partial charge in [0.1, 0.15) is 5.82 Å². The molecule has 1 N–H and O–H groups in total. The predicted molar refractivity (Wildman–Crippen MR) is 86.8 cm³/mol. The van der Waals surface area contributed by atoms with Crippen molar-refractivity contribution in [2.45, 2.75) is 25.7 Å². The molecule has 132 valence electrons. The number of aliphatic carboxylic acids is 1. The summed E-state index contributed by atoms with van der Waals surface area (Å²) in [5, 5.41) is 17.2. The molecule has 1 aliphatic heterocycles. The van der Waals surface area contributed by atoms with Gasteiger partial charge in [0.25, 0.3) is 5.91 Å². The van der Waals surface area contributed by atoms with Crippen molar-refractivity contribution in [3.8, 4) is 5.69 Å². The fraction of sp³-hybridized carbons (Fsp3) is 0.412. The standard InChI is InChI=1S/C17H19FN4O3/c18-13-3-5-14(6-4-13)22-19-11-15(20-22)17(25)21-8-1-2-12(7-9-21)10-16(23)24/h3-6,11-12H,1-2,7-10H2,(H,23,24). The van der Waals surface area contributed by atoms with Crippen LogP contribution < -0.4 is 0 Å². The number of benzene rings is 1. The average molecular weight is 346 g/mol. The van der Waals surface area contributed by atoms with Gasteiger partial charge in [0.05, 0.1) is 11.9 Å². The Labute approximate surface area is 144 Å². The van der Waals surface area contributed by atoms with Gasteiger partial charge in [-0.05, 0) is 49.4 Å². The molecule has 0 spiro atoms. The number of amides is 1. The molecule has 2 heterocycles. The minimum atomic E-state index is -0.799. The zero-order chi connectivity index (χ0) is 17.8. The second kappa shape index (κ2) is 7.42. The Morgan fingerprint density at radius 1 is 1.20 bits per heavy atom. The lowest BCUT2D eigenvalue weighted by atomic mass is 9.97. The molecule has 0 saturated carbocycles. The minimum Gasteiger partial charge on any atom is -0.481 e. The van der Waals surface area contributed by atoms with Crippen LogP contribution in [0.25, 0.3) is 5.69 Å². The fourth-order valence-electron chi connectivity index (χ4n) is 3.04. The monoisotopic (exact) mass is 346 g/mol. The number of carbonyl (C=O) groups excluding carboxylic acids is 1. The van der Waals surface area contributed by atoms with Gasteiger partial charge < -0.3 is 10.0 Å². The van der Waals surface area contributed by atoms with Crippen molar-refractivity contribution in [3.05, 3.63) is 42.0 Å². The van der Waals surface area contributed by atoms with E-state index < -0.39 is 5.97 Å². The molecule has 1 aliphatic rings. The van der Waals surface area contributed by atoms with E-state index in [1.54, 1.807) is 4.90 Å². The maximum absolute atomic E-state index is 13.0. The molecule has 8 heteroatoms. The van der Waals surface area contributed by atoms with E-state index in [9.17, 15) is 14.0 Å². The second-order valence-electron chi connectivity index (χ2n) is 6.18. The number of halogens is 1. The molecule has 1 atom stereocenters. The van der Waals surface area contributed by atoms with Crippen molar-refractivity contribution in [3.63, 3.8) is 0 Å². The van der Waals surface area contributed by atoms with Crippen LogP contribution in [0.1, 0.15) is 36.2 Å². The van der Waals surface area contributed by atoms with Crippen LogP contribution in [0, 0.1) is 11.7 Å². The summed E-state index contributed by atoms with van der Waals surface area (Å²) in [6.45, 7) is 1.10. The van der Waals surface area contributed by atoms with Gasteiger partial charge in [-0.2, -0.15) is 9.90 Å². The number of carbonyl (C=O) groups is 2. The Morgan fingerprint density at radius 3 is 2.68 bits per heavy atom. The van der Waals surface area contributed by atoms with Gasteiger partial charge in [0, 0.05) is 19.5 Å². The molecule has 7 nitrogen and oxygen atoms in total. The lowest BCUT2D eigenvalue weighted by molar-refractivity contribution is -0.138. The third kappa shape index (κ3) is 4.20. The zero-order valence-corrected chi connectivity index (χ0v) is 13.6. The summed E-state index contributed by atoms with van der Waals surface area (Å²) >= 11 is 0. The van der Waals surface area contributed by atoms with Crippen LogP contribution in [0.2, 0.25) is 0 Å². The number of carboxylic acid groups (broad SMARTS) is 1. The van der Waals surface area contributed by atoms with E-state index in [-0.39, 0.29) is 29.8 Å². The summed E-state index contributed by atoms with van der Waals surface area (Å²) in [4.78, 5) is 26.4. The van der Waals surface area contributed by atoms with Crippen molar-refractivity contribution in [1.29, 1.82) is 0 Å². The van der Waals surface area contributed by atoms with E-state index in [2.05, 4.69) is 10.2 Å². The topological polar surface area (TPSA) is 88.3 Å². The Balaban J connectivity index is 1.67. The van der Waals surface area contributed by atoms with Crippen LogP contribution in [-0.4, -0.2) is 50.0 Å². The van der Waals surface area contributed by atoms with Gasteiger partial charge >= 0.3 is 5.97 Å². The minimum absolute atomic E-state index is 0.102. The summed E-state index contributed by atoms with van der Waals surface area (Å²) in [5.41, 5.74) is 0.791. The molecule has 25 heavy (non-hydrogen) atoms. The maximum Gasteiger partial charge on any atom is 0.303 e. The summed E-state index contributed by atoms with van der Waals surface area (Å²) in [6, 6.07) is 5.67. The normalized spacial score (nSPS) is 18.0. The first kappa shape index (κ1) is 17.1. The number of rotatable bonds is 4. The second-order valence-corrected chi connectivity index (χ2v) is 6.18. The lowest BCUT2D eigenvalue weighted by Crippen LogP contribution is -2.32. The van der Waals surface area contributed by atoms with E-state index >= 15 is 0 Å². The molecule has 1 fully saturated rings. The first-order chi connectivity index (χ1) is 12.0. The Hall–Kier alpha value is -2.77. The molecule has 1 amide bonds. The van der Waals surface area contributed by atoms with Crippen LogP contribution in [-0.2, 0) is 4.79 Å². The van der Waals surface area contributed by atoms with Crippen molar-refractivity contribution in [2.24, 2.45) is 5.92 Å². The van der Waals surface area contributed by atoms with Crippen LogP contribution in [0.3, 0.4) is 0 Å². The van der Waals surface area contributed by atoms with Crippen LogP contribution in [0.4, 0.5) is 4.39 Å². The van der Waals surface area contributed by atoms with Crippen molar-refractivity contribution < 1.29 is 19.1 Å². The smallest absolute Gasteiger partial charge is 0.303 e. The zero-order valence-electron chi connectivity index (χ0n) is 13.6. The van der Waals surface area contributed by atoms with E-state index in [0.717, 1.165) is 12.8 Å². The number of likely N-dealkylation sites (tertiary alicyclic amines) is 1. The molecule has 2 aromatic rings. The largest absolute Gasteiger partial charge is 0.481 e. The third-order valence-corrected chi connectivity index (χ3v) is 4.37. The molecule has 0 aliphatic carbocycles. The van der Waals surface area contributed by atoms with E-state index in [4.69, 9.17) is 5.11 Å². The van der Waals surface area contributed by atoms with E-state index in [0.29, 0.717) is 25.2 Å². The van der Waals surface area contributed by atoms with Crippen molar-refractivity contribution in [2.75, 3.05) is 13.1 Å². The highest BCUT2D eigenvalue weighted by molar-refractivity contribution is 5.92. The Kier molecular flexibility index (Phi) is 5.06. The van der Waals surface area contributed by atoms with Crippen LogP contribution in [0.5, 0.6) is 0 Å². The molecule has 3 rings (SSSR count). The maximum atomic E-state index is 13.0. The number of hydrogen-bond acceptors (Lipinski definition) is 4. The highest BCUT2D eigenvalue weighted by Gasteiger charge is 2.24. The highest BCUT2D eigenvalue weighted by atomic mass is 19.1. The summed E-state index contributed by atoms with van der Waals surface area (Å²) < 4.78 is 13.0. The van der Waals surface area contributed by atoms with Crippen molar-refractivity contribution in [1.82, 2.24) is 19.9 Å². The Bertz CT molecular complexity index is 760. The van der Waals surface area contributed by atoms with Crippen LogP contribution >= 0.6 is 0 Å². The van der Waals surface area contributed by atoms with Gasteiger partial charge in [0.2, 0.25) is 0 Å². The lowest BCUT2D eigenvalue weighted by Gasteiger charge is -2.19. The van der Waals surface area contributed by atoms with Gasteiger partial charge in [-0.1, -0.05) is 0 Å². The van der Waals surface area contributed by atoms with Crippen molar-refractivity contribution >= 4 is 11.9 Å². The number of carboxylic acids is 1. The van der Waals surface area contributed by atoms with Gasteiger partial charge in [-0.3, -0.25) is 9.59 Å². The van der Waals surface area contributed by atoms with Gasteiger partial charge in [-0.15, -0.1) is 5.10 Å². The summed E-state index contributed by atoms with van der Waals surface area (Å²) in [5.74, 6) is -1.27.